The number of pyridine rings is 1. The summed E-state index contributed by atoms with van der Waals surface area (Å²) >= 11 is 0. The SMILES string of the molecule is CC(=O)N1CCCC1C(=O)N[C@H](C)c1cccc(-c2cccnc2)c1. The van der Waals surface area contributed by atoms with Crippen molar-refractivity contribution in [2.45, 2.75) is 38.8 Å². The normalized spacial score (nSPS) is 18.0. The van der Waals surface area contributed by atoms with E-state index in [0.717, 1.165) is 29.5 Å². The quantitative estimate of drug-likeness (QED) is 0.933. The Morgan fingerprint density at radius 1 is 1.24 bits per heavy atom. The number of carbonyl (C=O) groups is 2. The number of nitrogens with zero attached hydrogens (tertiary/aromatic N) is 2. The van der Waals surface area contributed by atoms with Crippen molar-refractivity contribution < 1.29 is 9.59 Å². The molecule has 0 spiro atoms. The number of hydrogen-bond donors (Lipinski definition) is 1. The predicted octanol–water partition coefficient (Wildman–Crippen LogP) is 2.94. The van der Waals surface area contributed by atoms with Crippen molar-refractivity contribution in [2.75, 3.05) is 6.54 Å². The van der Waals surface area contributed by atoms with E-state index in [9.17, 15) is 9.59 Å². The monoisotopic (exact) mass is 337 g/mol. The predicted molar refractivity (Wildman–Crippen MR) is 96.6 cm³/mol. The molecule has 1 aromatic carbocycles. The maximum absolute atomic E-state index is 12.6. The van der Waals surface area contributed by atoms with Crippen molar-refractivity contribution in [3.05, 3.63) is 54.4 Å². The molecule has 1 aliphatic heterocycles. The average molecular weight is 337 g/mol. The highest BCUT2D eigenvalue weighted by atomic mass is 16.2. The lowest BCUT2D eigenvalue weighted by Gasteiger charge is -2.24. The minimum absolute atomic E-state index is 0.0381. The molecule has 3 rings (SSSR count). The highest BCUT2D eigenvalue weighted by Crippen LogP contribution is 2.23. The first kappa shape index (κ1) is 17.1. The van der Waals surface area contributed by atoms with Gasteiger partial charge in [0.1, 0.15) is 6.04 Å². The highest BCUT2D eigenvalue weighted by Gasteiger charge is 2.32. The third-order valence-electron chi connectivity index (χ3n) is 4.70. The van der Waals surface area contributed by atoms with Gasteiger partial charge >= 0.3 is 0 Å². The van der Waals surface area contributed by atoms with E-state index in [2.05, 4.69) is 16.4 Å². The van der Waals surface area contributed by atoms with Gasteiger partial charge in [-0.1, -0.05) is 24.3 Å². The Morgan fingerprint density at radius 2 is 2.04 bits per heavy atom. The van der Waals surface area contributed by atoms with Crippen LogP contribution in [0.25, 0.3) is 11.1 Å². The molecule has 130 valence electrons. The molecular weight excluding hydrogens is 314 g/mol. The van der Waals surface area contributed by atoms with Crippen LogP contribution in [0.4, 0.5) is 0 Å². The minimum atomic E-state index is -0.346. The van der Waals surface area contributed by atoms with E-state index in [1.807, 2.05) is 43.5 Å². The lowest BCUT2D eigenvalue weighted by Crippen LogP contribution is -2.45. The molecule has 1 aromatic heterocycles. The van der Waals surface area contributed by atoms with Crippen LogP contribution in [0.15, 0.2) is 48.8 Å². The summed E-state index contributed by atoms with van der Waals surface area (Å²) in [5.74, 6) is -0.115. The zero-order chi connectivity index (χ0) is 17.8. The molecule has 0 saturated carbocycles. The van der Waals surface area contributed by atoms with Crippen molar-refractivity contribution in [1.82, 2.24) is 15.2 Å². The summed E-state index contributed by atoms with van der Waals surface area (Å²) in [6, 6.07) is 11.5. The van der Waals surface area contributed by atoms with E-state index in [1.54, 1.807) is 11.1 Å². The van der Waals surface area contributed by atoms with E-state index in [0.29, 0.717) is 6.54 Å². The number of hydrogen-bond acceptors (Lipinski definition) is 3. The first-order valence-electron chi connectivity index (χ1n) is 8.64. The van der Waals surface area contributed by atoms with Crippen LogP contribution in [0.1, 0.15) is 38.3 Å². The number of benzene rings is 1. The van der Waals surface area contributed by atoms with E-state index in [1.165, 1.54) is 6.92 Å². The van der Waals surface area contributed by atoms with Gasteiger partial charge in [-0.05, 0) is 48.6 Å². The molecule has 2 atom stereocenters. The minimum Gasteiger partial charge on any atom is -0.348 e. The third kappa shape index (κ3) is 3.87. The van der Waals surface area contributed by atoms with Gasteiger partial charge in [-0.15, -0.1) is 0 Å². The smallest absolute Gasteiger partial charge is 0.243 e. The second-order valence-electron chi connectivity index (χ2n) is 6.47. The maximum Gasteiger partial charge on any atom is 0.243 e. The van der Waals surface area contributed by atoms with Crippen LogP contribution in [0, 0.1) is 0 Å². The van der Waals surface area contributed by atoms with Crippen LogP contribution in [0.5, 0.6) is 0 Å². The summed E-state index contributed by atoms with van der Waals surface area (Å²) in [5, 5.41) is 3.05. The zero-order valence-electron chi connectivity index (χ0n) is 14.6. The van der Waals surface area contributed by atoms with Crippen LogP contribution in [0.2, 0.25) is 0 Å². The fraction of sp³-hybridized carbons (Fsp3) is 0.350. The number of rotatable bonds is 4. The summed E-state index contributed by atoms with van der Waals surface area (Å²) in [6.07, 6.45) is 5.18. The number of carbonyl (C=O) groups excluding carboxylic acids is 2. The van der Waals surface area contributed by atoms with Gasteiger partial charge in [0, 0.05) is 25.9 Å². The summed E-state index contributed by atoms with van der Waals surface area (Å²) in [5.41, 5.74) is 3.14. The fourth-order valence-corrected chi connectivity index (χ4v) is 3.33. The Balaban J connectivity index is 1.72. The Hall–Kier alpha value is -2.69. The van der Waals surface area contributed by atoms with Gasteiger partial charge in [-0.25, -0.2) is 0 Å². The molecule has 2 heterocycles. The molecule has 25 heavy (non-hydrogen) atoms. The maximum atomic E-state index is 12.6. The molecule has 5 heteroatoms. The standard InChI is InChI=1S/C20H23N3O2/c1-14(22-20(25)19-9-5-11-23(19)15(2)24)16-6-3-7-17(12-16)18-8-4-10-21-13-18/h3-4,6-8,10,12-14,19H,5,9,11H2,1-2H3,(H,22,25)/t14-,19?/m1/s1. The average Bonchev–Trinajstić information content (AvgIpc) is 3.13. The van der Waals surface area contributed by atoms with E-state index < -0.39 is 0 Å². The van der Waals surface area contributed by atoms with Gasteiger partial charge in [-0.2, -0.15) is 0 Å². The van der Waals surface area contributed by atoms with Gasteiger partial charge in [0.15, 0.2) is 0 Å². The molecule has 1 N–H and O–H groups in total. The first-order valence-corrected chi connectivity index (χ1v) is 8.64. The van der Waals surface area contributed by atoms with Gasteiger partial charge in [0.25, 0.3) is 0 Å². The molecule has 0 aliphatic carbocycles. The van der Waals surface area contributed by atoms with Crippen LogP contribution >= 0.6 is 0 Å². The Labute approximate surface area is 148 Å². The number of amides is 2. The van der Waals surface area contributed by atoms with Gasteiger partial charge in [0.2, 0.25) is 11.8 Å². The van der Waals surface area contributed by atoms with E-state index >= 15 is 0 Å². The van der Waals surface area contributed by atoms with Crippen molar-refractivity contribution >= 4 is 11.8 Å². The molecule has 1 unspecified atom stereocenters. The number of aromatic nitrogens is 1. The molecule has 2 aromatic rings. The van der Waals surface area contributed by atoms with Crippen molar-refractivity contribution in [1.29, 1.82) is 0 Å². The lowest BCUT2D eigenvalue weighted by atomic mass is 10.0. The molecule has 1 saturated heterocycles. The summed E-state index contributed by atoms with van der Waals surface area (Å²) < 4.78 is 0. The van der Waals surface area contributed by atoms with Gasteiger partial charge in [-0.3, -0.25) is 14.6 Å². The molecule has 1 aliphatic rings. The molecule has 0 bridgehead atoms. The topological polar surface area (TPSA) is 62.3 Å². The summed E-state index contributed by atoms with van der Waals surface area (Å²) in [6.45, 7) is 4.15. The van der Waals surface area contributed by atoms with Crippen molar-refractivity contribution in [2.24, 2.45) is 0 Å². The van der Waals surface area contributed by atoms with Crippen LogP contribution in [-0.4, -0.2) is 34.3 Å². The van der Waals surface area contributed by atoms with Crippen LogP contribution in [-0.2, 0) is 9.59 Å². The van der Waals surface area contributed by atoms with E-state index in [4.69, 9.17) is 0 Å². The second-order valence-corrected chi connectivity index (χ2v) is 6.47. The van der Waals surface area contributed by atoms with Crippen LogP contribution < -0.4 is 5.32 Å². The highest BCUT2D eigenvalue weighted by molar-refractivity contribution is 5.87. The Bertz CT molecular complexity index is 761. The van der Waals surface area contributed by atoms with Crippen molar-refractivity contribution in [3.8, 4) is 11.1 Å². The van der Waals surface area contributed by atoms with E-state index in [-0.39, 0.29) is 23.9 Å². The molecule has 0 radical (unpaired) electrons. The third-order valence-corrected chi connectivity index (χ3v) is 4.70. The molecule has 2 amide bonds. The Kier molecular flexibility index (Phi) is 5.12. The number of likely N-dealkylation sites (tertiary alicyclic amines) is 1. The second kappa shape index (κ2) is 7.47. The fourth-order valence-electron chi connectivity index (χ4n) is 3.33. The Morgan fingerprint density at radius 3 is 2.76 bits per heavy atom. The number of nitrogens with one attached hydrogen (secondary N) is 1. The van der Waals surface area contributed by atoms with Crippen LogP contribution in [0.3, 0.4) is 0 Å². The van der Waals surface area contributed by atoms with Gasteiger partial charge in [0.05, 0.1) is 6.04 Å². The summed E-state index contributed by atoms with van der Waals surface area (Å²) in [4.78, 5) is 30.1. The first-order chi connectivity index (χ1) is 12.1. The largest absolute Gasteiger partial charge is 0.348 e. The zero-order valence-corrected chi connectivity index (χ0v) is 14.6. The lowest BCUT2D eigenvalue weighted by molar-refractivity contribution is -0.137. The summed E-state index contributed by atoms with van der Waals surface area (Å²) in [7, 11) is 0. The molecule has 1 fully saturated rings. The van der Waals surface area contributed by atoms with Gasteiger partial charge < -0.3 is 10.2 Å². The molecule has 5 nitrogen and oxygen atoms in total. The molecular formula is C20H23N3O2. The van der Waals surface area contributed by atoms with Crippen molar-refractivity contribution in [3.63, 3.8) is 0 Å².